The topological polar surface area (TPSA) is 53.5 Å². The van der Waals surface area contributed by atoms with Crippen LogP contribution in [0, 0.1) is 0 Å². The van der Waals surface area contributed by atoms with Gasteiger partial charge in [0.2, 0.25) is 5.95 Å². The Morgan fingerprint density at radius 2 is 1.55 bits per heavy atom. The Labute approximate surface area is 248 Å². The molecule has 1 saturated carbocycles. The summed E-state index contributed by atoms with van der Waals surface area (Å²) in [7, 11) is 1.78. The molecule has 7 rings (SSSR count). The Balaban J connectivity index is 1.04. The summed E-state index contributed by atoms with van der Waals surface area (Å²) in [4.78, 5) is 14.7. The zero-order valence-corrected chi connectivity index (χ0v) is 24.4. The number of benzene rings is 4. The van der Waals surface area contributed by atoms with Crippen LogP contribution >= 0.6 is 0 Å². The molecule has 0 spiro atoms. The smallest absolute Gasteiger partial charge is 0.227 e. The van der Waals surface area contributed by atoms with Crippen molar-refractivity contribution in [1.82, 2.24) is 19.8 Å². The Morgan fingerprint density at radius 3 is 2.26 bits per heavy atom. The van der Waals surface area contributed by atoms with Gasteiger partial charge in [-0.1, -0.05) is 60.7 Å². The first-order chi connectivity index (χ1) is 20.7. The molecule has 1 aliphatic heterocycles. The molecule has 214 valence electrons. The predicted molar refractivity (Wildman–Crippen MR) is 173 cm³/mol. The lowest BCUT2D eigenvalue weighted by Crippen LogP contribution is -2.47. The molecule has 0 bridgehead atoms. The molecule has 0 atom stereocenters. The highest BCUT2D eigenvalue weighted by Crippen LogP contribution is 2.41. The number of nitrogens with one attached hydrogen (secondary N) is 1. The first-order valence-electron chi connectivity index (χ1n) is 15.3. The van der Waals surface area contributed by atoms with E-state index < -0.39 is 0 Å². The van der Waals surface area contributed by atoms with Crippen molar-refractivity contribution in [1.29, 1.82) is 0 Å². The maximum Gasteiger partial charge on any atom is 0.227 e. The second kappa shape index (κ2) is 12.2. The van der Waals surface area contributed by atoms with Gasteiger partial charge in [-0.15, -0.1) is 0 Å². The van der Waals surface area contributed by atoms with Crippen LogP contribution < -0.4 is 5.32 Å². The number of ether oxygens (including phenoxy) is 1. The van der Waals surface area contributed by atoms with E-state index in [0.29, 0.717) is 5.95 Å². The van der Waals surface area contributed by atoms with Gasteiger partial charge in [0.15, 0.2) is 0 Å². The fraction of sp³-hybridized carbons (Fsp3) is 0.333. The number of hydrogen-bond acceptors (Lipinski definition) is 6. The van der Waals surface area contributed by atoms with E-state index in [-0.39, 0.29) is 0 Å². The van der Waals surface area contributed by atoms with Crippen LogP contribution in [0.5, 0.6) is 0 Å². The van der Waals surface area contributed by atoms with Crippen molar-refractivity contribution in [2.45, 2.75) is 25.2 Å². The summed E-state index contributed by atoms with van der Waals surface area (Å²) in [5.74, 6) is 1.38. The summed E-state index contributed by atoms with van der Waals surface area (Å²) >= 11 is 0. The molecular formula is C36H39N5O. The summed E-state index contributed by atoms with van der Waals surface area (Å²) in [5, 5.41) is 6.85. The van der Waals surface area contributed by atoms with Crippen LogP contribution in [0.4, 0.5) is 11.6 Å². The first kappa shape index (κ1) is 27.0. The van der Waals surface area contributed by atoms with Crippen LogP contribution in [0.1, 0.15) is 29.9 Å². The van der Waals surface area contributed by atoms with Crippen molar-refractivity contribution in [3.8, 4) is 11.1 Å². The number of methoxy groups -OCH3 is 1. The molecule has 1 N–H and O–H groups in total. The van der Waals surface area contributed by atoms with Crippen molar-refractivity contribution in [3.05, 3.63) is 96.2 Å². The molecule has 0 radical (unpaired) electrons. The van der Waals surface area contributed by atoms with Gasteiger partial charge >= 0.3 is 0 Å². The maximum atomic E-state index is 5.22. The van der Waals surface area contributed by atoms with Gasteiger partial charge in [0.25, 0.3) is 0 Å². The van der Waals surface area contributed by atoms with Crippen molar-refractivity contribution in [2.75, 3.05) is 58.3 Å². The molecule has 0 unspecified atom stereocenters. The molecule has 2 aliphatic rings. The van der Waals surface area contributed by atoms with Crippen LogP contribution in [-0.2, 0) is 11.2 Å². The number of hydrogen-bond donors (Lipinski definition) is 1. The van der Waals surface area contributed by atoms with Crippen molar-refractivity contribution >= 4 is 33.3 Å². The highest BCUT2D eigenvalue weighted by molar-refractivity contribution is 6.12. The molecule has 1 saturated heterocycles. The molecule has 2 fully saturated rings. The molecule has 2 heterocycles. The van der Waals surface area contributed by atoms with E-state index in [2.05, 4.69) is 94.0 Å². The normalized spacial score (nSPS) is 16.3. The summed E-state index contributed by atoms with van der Waals surface area (Å²) in [6.45, 7) is 7.46. The van der Waals surface area contributed by atoms with E-state index in [4.69, 9.17) is 14.7 Å². The first-order valence-corrected chi connectivity index (χ1v) is 15.3. The molecule has 1 aliphatic carbocycles. The van der Waals surface area contributed by atoms with Crippen LogP contribution in [0.15, 0.2) is 85.1 Å². The van der Waals surface area contributed by atoms with Crippen molar-refractivity contribution in [2.24, 2.45) is 0 Å². The van der Waals surface area contributed by atoms with E-state index in [1.807, 2.05) is 6.20 Å². The number of piperazine rings is 1. The molecule has 5 aromatic rings. The predicted octanol–water partition coefficient (Wildman–Crippen LogP) is 6.88. The van der Waals surface area contributed by atoms with Crippen LogP contribution in [0.2, 0.25) is 0 Å². The minimum atomic E-state index is 0.619. The number of anilines is 2. The quantitative estimate of drug-likeness (QED) is 0.189. The molecule has 4 aromatic carbocycles. The second-order valence-electron chi connectivity index (χ2n) is 11.7. The molecule has 1 aromatic heterocycles. The highest BCUT2D eigenvalue weighted by Gasteiger charge is 2.23. The third-order valence-electron chi connectivity index (χ3n) is 8.86. The SMILES string of the molecule is COCCN1CCN(CCc2ccc(Nc3ncc4cc(-c5ccc(C6CC6)cc5)c5ccccc5c4n3)cc2)CC1. The third kappa shape index (κ3) is 6.02. The summed E-state index contributed by atoms with van der Waals surface area (Å²) < 4.78 is 5.22. The largest absolute Gasteiger partial charge is 0.383 e. The number of aromatic nitrogens is 2. The van der Waals surface area contributed by atoms with Gasteiger partial charge in [-0.25, -0.2) is 9.97 Å². The van der Waals surface area contributed by atoms with Gasteiger partial charge in [0.05, 0.1) is 12.1 Å². The molecular weight excluding hydrogens is 518 g/mol. The standard InChI is InChI=1S/C36H39N5O/c1-42-23-22-41-20-18-40(19-21-41)17-16-26-6-14-31(15-7-26)38-36-37-25-30-24-34(29-12-10-28(11-13-29)27-8-9-27)32-4-2-3-5-33(32)35(30)39-36/h2-7,10-15,24-25,27H,8-9,16-23H2,1H3,(H,37,38,39). The van der Waals surface area contributed by atoms with Crippen LogP contribution in [0.25, 0.3) is 32.8 Å². The minimum Gasteiger partial charge on any atom is -0.383 e. The van der Waals surface area contributed by atoms with E-state index in [9.17, 15) is 0 Å². The van der Waals surface area contributed by atoms with Gasteiger partial charge in [0, 0.05) is 69.0 Å². The third-order valence-corrected chi connectivity index (χ3v) is 8.86. The summed E-state index contributed by atoms with van der Waals surface area (Å²) in [5.41, 5.74) is 7.26. The van der Waals surface area contributed by atoms with Crippen molar-refractivity contribution in [3.63, 3.8) is 0 Å². The summed E-state index contributed by atoms with van der Waals surface area (Å²) in [6, 6.07) is 28.7. The van der Waals surface area contributed by atoms with E-state index in [1.54, 1.807) is 7.11 Å². The average Bonchev–Trinajstić information content (AvgIpc) is 3.90. The van der Waals surface area contributed by atoms with Crippen LogP contribution in [-0.4, -0.2) is 72.8 Å². The monoisotopic (exact) mass is 557 g/mol. The summed E-state index contributed by atoms with van der Waals surface area (Å²) in [6.07, 6.45) is 5.65. The van der Waals surface area contributed by atoms with E-state index in [0.717, 1.165) is 80.2 Å². The van der Waals surface area contributed by atoms with Crippen LogP contribution in [0.3, 0.4) is 0 Å². The molecule has 42 heavy (non-hydrogen) atoms. The van der Waals surface area contributed by atoms with E-state index in [1.165, 1.54) is 40.5 Å². The fourth-order valence-electron chi connectivity index (χ4n) is 6.15. The fourth-order valence-corrected chi connectivity index (χ4v) is 6.15. The molecule has 6 nitrogen and oxygen atoms in total. The van der Waals surface area contributed by atoms with Gasteiger partial charge in [0.1, 0.15) is 0 Å². The number of nitrogens with zero attached hydrogens (tertiary/aromatic N) is 4. The van der Waals surface area contributed by atoms with Gasteiger partial charge < -0.3 is 15.0 Å². The average molecular weight is 558 g/mol. The zero-order chi connectivity index (χ0) is 28.3. The number of fused-ring (bicyclic) bond motifs is 3. The lowest BCUT2D eigenvalue weighted by atomic mass is 9.95. The molecule has 6 heteroatoms. The zero-order valence-electron chi connectivity index (χ0n) is 24.4. The Hall–Kier alpha value is -3.84. The van der Waals surface area contributed by atoms with Gasteiger partial charge in [-0.3, -0.25) is 4.90 Å². The van der Waals surface area contributed by atoms with Gasteiger partial charge in [-0.2, -0.15) is 0 Å². The highest BCUT2D eigenvalue weighted by atomic mass is 16.5. The van der Waals surface area contributed by atoms with Gasteiger partial charge in [-0.05, 0) is 71.0 Å². The lowest BCUT2D eigenvalue weighted by Gasteiger charge is -2.34. The maximum absolute atomic E-state index is 5.22. The Bertz CT molecular complexity index is 1660. The molecule has 0 amide bonds. The lowest BCUT2D eigenvalue weighted by molar-refractivity contribution is 0.0976. The van der Waals surface area contributed by atoms with E-state index >= 15 is 0 Å². The minimum absolute atomic E-state index is 0.619. The number of rotatable bonds is 10. The van der Waals surface area contributed by atoms with Crippen molar-refractivity contribution < 1.29 is 4.74 Å². The second-order valence-corrected chi connectivity index (χ2v) is 11.7. The Kier molecular flexibility index (Phi) is 7.84. The Morgan fingerprint density at radius 1 is 0.833 bits per heavy atom.